The Morgan fingerprint density at radius 3 is 2.29 bits per heavy atom. The summed E-state index contributed by atoms with van der Waals surface area (Å²) < 4.78 is 0. The first-order valence-electron chi connectivity index (χ1n) is 7.42. The molecule has 0 aromatic heterocycles. The van der Waals surface area contributed by atoms with Crippen molar-refractivity contribution < 1.29 is 4.79 Å². The summed E-state index contributed by atoms with van der Waals surface area (Å²) in [5.41, 5.74) is 0.740. The van der Waals surface area contributed by atoms with Gasteiger partial charge in [-0.1, -0.05) is 50.1 Å². The molecule has 0 aliphatic carbocycles. The van der Waals surface area contributed by atoms with E-state index in [9.17, 15) is 4.79 Å². The van der Waals surface area contributed by atoms with Crippen molar-refractivity contribution in [3.63, 3.8) is 0 Å². The van der Waals surface area contributed by atoms with E-state index in [1.165, 1.54) is 12.8 Å². The molecule has 3 nitrogen and oxygen atoms in total. The standard InChI is InChI=1S/C12H17NO.C6H7N/c1-2-3-7-10-13-12(14)11-8-5-4-6-9-11;1-2-4-6-7-5-3-1/h4-6,8-9H,2-3,7,10H2,1H3,(H,13,14);1-7H. The van der Waals surface area contributed by atoms with Crippen LogP contribution in [0.4, 0.5) is 0 Å². The number of hydrogen-bond donors (Lipinski definition) is 2. The van der Waals surface area contributed by atoms with Crippen LogP contribution in [0.1, 0.15) is 36.5 Å². The SMILES string of the molecule is C1=CC=CNC=C1.CCCCCNC(=O)c1ccccc1. The van der Waals surface area contributed by atoms with E-state index in [2.05, 4.69) is 17.6 Å². The predicted molar refractivity (Wildman–Crippen MR) is 88.9 cm³/mol. The molecule has 1 aromatic carbocycles. The first-order chi connectivity index (χ1) is 10.3. The largest absolute Gasteiger partial charge is 0.368 e. The Hall–Kier alpha value is -2.29. The van der Waals surface area contributed by atoms with Crippen molar-refractivity contribution in [3.8, 4) is 0 Å². The van der Waals surface area contributed by atoms with Gasteiger partial charge in [0.2, 0.25) is 0 Å². The summed E-state index contributed by atoms with van der Waals surface area (Å²) in [4.78, 5) is 11.5. The van der Waals surface area contributed by atoms with Gasteiger partial charge >= 0.3 is 0 Å². The number of amides is 1. The van der Waals surface area contributed by atoms with E-state index in [0.29, 0.717) is 0 Å². The van der Waals surface area contributed by atoms with Crippen molar-refractivity contribution in [2.45, 2.75) is 26.2 Å². The molecule has 0 saturated carbocycles. The summed E-state index contributed by atoms with van der Waals surface area (Å²) in [6.45, 7) is 2.93. The van der Waals surface area contributed by atoms with Crippen molar-refractivity contribution in [2.75, 3.05) is 6.54 Å². The lowest BCUT2D eigenvalue weighted by molar-refractivity contribution is 0.0953. The Bertz CT molecular complexity index is 461. The Morgan fingerprint density at radius 1 is 1.00 bits per heavy atom. The average Bonchev–Trinajstić information content (AvgIpc) is 2.85. The van der Waals surface area contributed by atoms with Gasteiger partial charge in [-0.05, 0) is 30.7 Å². The third-order valence-electron chi connectivity index (χ3n) is 2.82. The fourth-order valence-corrected chi connectivity index (χ4v) is 1.67. The van der Waals surface area contributed by atoms with Crippen LogP contribution in [0.2, 0.25) is 0 Å². The highest BCUT2D eigenvalue weighted by molar-refractivity contribution is 5.94. The third kappa shape index (κ3) is 8.47. The lowest BCUT2D eigenvalue weighted by Crippen LogP contribution is -2.24. The van der Waals surface area contributed by atoms with Crippen molar-refractivity contribution in [1.82, 2.24) is 10.6 Å². The van der Waals surface area contributed by atoms with Crippen molar-refractivity contribution >= 4 is 5.91 Å². The summed E-state index contributed by atoms with van der Waals surface area (Å²) in [5, 5.41) is 5.82. The second-order valence-corrected chi connectivity index (χ2v) is 4.60. The van der Waals surface area contributed by atoms with Gasteiger partial charge in [-0.3, -0.25) is 4.79 Å². The normalized spacial score (nSPS) is 11.9. The zero-order chi connectivity index (χ0) is 15.2. The molecular weight excluding hydrogens is 260 g/mol. The molecule has 0 saturated heterocycles. The van der Waals surface area contributed by atoms with E-state index >= 15 is 0 Å². The molecule has 2 N–H and O–H groups in total. The number of nitrogens with one attached hydrogen (secondary N) is 2. The van der Waals surface area contributed by atoms with E-state index in [0.717, 1.165) is 18.5 Å². The van der Waals surface area contributed by atoms with Crippen LogP contribution in [-0.4, -0.2) is 12.5 Å². The molecule has 1 aromatic rings. The molecule has 1 heterocycles. The monoisotopic (exact) mass is 284 g/mol. The van der Waals surface area contributed by atoms with Crippen LogP contribution in [0.15, 0.2) is 67.0 Å². The van der Waals surface area contributed by atoms with E-state index in [1.54, 1.807) is 0 Å². The molecule has 0 radical (unpaired) electrons. The van der Waals surface area contributed by atoms with Gasteiger partial charge in [0.25, 0.3) is 5.91 Å². The first-order valence-corrected chi connectivity index (χ1v) is 7.42. The molecule has 1 amide bonds. The molecular formula is C18H24N2O. The van der Waals surface area contributed by atoms with Gasteiger partial charge in [0, 0.05) is 24.5 Å². The van der Waals surface area contributed by atoms with Crippen LogP contribution < -0.4 is 10.6 Å². The number of unbranched alkanes of at least 4 members (excludes halogenated alkanes) is 2. The molecule has 3 heteroatoms. The maximum atomic E-state index is 11.5. The Labute approximate surface area is 127 Å². The Morgan fingerprint density at radius 2 is 1.67 bits per heavy atom. The fourth-order valence-electron chi connectivity index (χ4n) is 1.67. The lowest BCUT2D eigenvalue weighted by Gasteiger charge is -2.03. The fraction of sp³-hybridized carbons (Fsp3) is 0.278. The van der Waals surface area contributed by atoms with E-state index < -0.39 is 0 Å². The number of carbonyl (C=O) groups excluding carboxylic acids is 1. The minimum absolute atomic E-state index is 0.0294. The van der Waals surface area contributed by atoms with Gasteiger partial charge in [-0.25, -0.2) is 0 Å². The number of hydrogen-bond acceptors (Lipinski definition) is 2. The lowest BCUT2D eigenvalue weighted by atomic mass is 10.2. The highest BCUT2D eigenvalue weighted by atomic mass is 16.1. The van der Waals surface area contributed by atoms with Gasteiger partial charge in [-0.2, -0.15) is 0 Å². The molecule has 21 heavy (non-hydrogen) atoms. The van der Waals surface area contributed by atoms with Crippen LogP contribution >= 0.6 is 0 Å². The van der Waals surface area contributed by atoms with Crippen molar-refractivity contribution in [3.05, 3.63) is 72.6 Å². The Balaban J connectivity index is 0.000000262. The molecule has 0 atom stereocenters. The quantitative estimate of drug-likeness (QED) is 0.808. The minimum atomic E-state index is 0.0294. The topological polar surface area (TPSA) is 41.1 Å². The van der Waals surface area contributed by atoms with Gasteiger partial charge in [-0.15, -0.1) is 0 Å². The first kappa shape index (κ1) is 16.8. The van der Waals surface area contributed by atoms with Gasteiger partial charge in [0.05, 0.1) is 0 Å². The molecule has 0 spiro atoms. The zero-order valence-corrected chi connectivity index (χ0v) is 12.6. The highest BCUT2D eigenvalue weighted by Crippen LogP contribution is 1.98. The van der Waals surface area contributed by atoms with Gasteiger partial charge < -0.3 is 10.6 Å². The van der Waals surface area contributed by atoms with Crippen LogP contribution in [0.25, 0.3) is 0 Å². The zero-order valence-electron chi connectivity index (χ0n) is 12.6. The van der Waals surface area contributed by atoms with Crippen molar-refractivity contribution in [1.29, 1.82) is 0 Å². The summed E-state index contributed by atoms with van der Waals surface area (Å²) >= 11 is 0. The third-order valence-corrected chi connectivity index (χ3v) is 2.82. The minimum Gasteiger partial charge on any atom is -0.368 e. The van der Waals surface area contributed by atoms with E-state index in [4.69, 9.17) is 0 Å². The second kappa shape index (κ2) is 11.5. The van der Waals surface area contributed by atoms with Crippen LogP contribution in [0, 0.1) is 0 Å². The molecule has 0 bridgehead atoms. The molecule has 0 unspecified atom stereocenters. The van der Waals surface area contributed by atoms with E-state index in [-0.39, 0.29) is 5.91 Å². The number of allylic oxidation sites excluding steroid dienone is 4. The molecule has 2 rings (SSSR count). The smallest absolute Gasteiger partial charge is 0.251 e. The number of rotatable bonds is 5. The number of benzene rings is 1. The summed E-state index contributed by atoms with van der Waals surface area (Å²) in [6.07, 6.45) is 15.0. The van der Waals surface area contributed by atoms with Gasteiger partial charge in [0.15, 0.2) is 0 Å². The summed E-state index contributed by atoms with van der Waals surface area (Å²) in [6, 6.07) is 9.32. The Kier molecular flexibility index (Phi) is 9.20. The van der Waals surface area contributed by atoms with Gasteiger partial charge in [0.1, 0.15) is 0 Å². The molecule has 1 aliphatic rings. The van der Waals surface area contributed by atoms with Crippen molar-refractivity contribution in [2.24, 2.45) is 0 Å². The average molecular weight is 284 g/mol. The summed E-state index contributed by atoms with van der Waals surface area (Å²) in [7, 11) is 0. The molecule has 1 aliphatic heterocycles. The predicted octanol–water partition coefficient (Wildman–Crippen LogP) is 3.78. The second-order valence-electron chi connectivity index (χ2n) is 4.60. The molecule has 0 fully saturated rings. The molecule has 112 valence electrons. The summed E-state index contributed by atoms with van der Waals surface area (Å²) in [5.74, 6) is 0.0294. The van der Waals surface area contributed by atoms with E-state index in [1.807, 2.05) is 67.0 Å². The number of carbonyl (C=O) groups is 1. The maximum Gasteiger partial charge on any atom is 0.251 e. The maximum absolute atomic E-state index is 11.5. The highest BCUT2D eigenvalue weighted by Gasteiger charge is 2.01. The van der Waals surface area contributed by atoms with Crippen LogP contribution in [-0.2, 0) is 0 Å². The van der Waals surface area contributed by atoms with Crippen LogP contribution in [0.3, 0.4) is 0 Å². The van der Waals surface area contributed by atoms with Crippen LogP contribution in [0.5, 0.6) is 0 Å².